The van der Waals surface area contributed by atoms with Crippen LogP contribution in [0.1, 0.15) is 5.56 Å². The summed E-state index contributed by atoms with van der Waals surface area (Å²) in [5, 5.41) is 0.287. The fourth-order valence-corrected chi connectivity index (χ4v) is 1.98. The first-order valence-corrected chi connectivity index (χ1v) is 6.64. The van der Waals surface area contributed by atoms with Gasteiger partial charge in [0.1, 0.15) is 5.02 Å². The maximum atomic E-state index is 13.6. The summed E-state index contributed by atoms with van der Waals surface area (Å²) in [6.45, 7) is 0. The Kier molecular flexibility index (Phi) is 4.43. The number of pyridine rings is 1. The highest BCUT2D eigenvalue weighted by Gasteiger charge is 2.10. The predicted octanol–water partition coefficient (Wildman–Crippen LogP) is 5.17. The molecule has 0 saturated carbocycles. The average Bonchev–Trinajstić information content (AvgIpc) is 2.34. The lowest BCUT2D eigenvalue weighted by Gasteiger charge is -2.08. The largest absolute Gasteiger partial charge is 0.434 e. The molecule has 1 aromatic heterocycles. The summed E-state index contributed by atoms with van der Waals surface area (Å²) in [6.07, 6.45) is 1.53. The first-order chi connectivity index (χ1) is 8.60. The molecule has 0 bridgehead atoms. The van der Waals surface area contributed by atoms with Crippen molar-refractivity contribution in [3.8, 4) is 11.6 Å². The highest BCUT2D eigenvalue weighted by atomic mass is 79.9. The van der Waals surface area contributed by atoms with Crippen LogP contribution in [0.3, 0.4) is 0 Å². The SMILES string of the molecule is Fc1cc(Br)ccc1Oc1ncc(CCl)cc1Cl. The van der Waals surface area contributed by atoms with Gasteiger partial charge < -0.3 is 4.74 Å². The first-order valence-electron chi connectivity index (χ1n) is 4.93. The second-order valence-electron chi connectivity index (χ2n) is 3.44. The van der Waals surface area contributed by atoms with Crippen molar-refractivity contribution < 1.29 is 9.13 Å². The van der Waals surface area contributed by atoms with Crippen LogP contribution in [0.2, 0.25) is 5.02 Å². The van der Waals surface area contributed by atoms with Crippen LogP contribution in [0.5, 0.6) is 11.6 Å². The van der Waals surface area contributed by atoms with Gasteiger partial charge in [0.05, 0.1) is 0 Å². The van der Waals surface area contributed by atoms with Gasteiger partial charge in [-0.05, 0) is 29.8 Å². The molecule has 1 heterocycles. The smallest absolute Gasteiger partial charge is 0.238 e. The standard InChI is InChI=1S/C12H7BrCl2FNO/c13-8-1-2-11(10(16)4-8)18-12-9(15)3-7(5-14)6-17-12/h1-4,6H,5H2. The topological polar surface area (TPSA) is 22.1 Å². The van der Waals surface area contributed by atoms with Crippen LogP contribution < -0.4 is 4.74 Å². The Labute approximate surface area is 122 Å². The van der Waals surface area contributed by atoms with Crippen LogP contribution in [0, 0.1) is 5.82 Å². The Morgan fingerprint density at radius 1 is 1.33 bits per heavy atom. The zero-order valence-electron chi connectivity index (χ0n) is 8.96. The molecule has 6 heteroatoms. The predicted molar refractivity (Wildman–Crippen MR) is 73.0 cm³/mol. The fraction of sp³-hybridized carbons (Fsp3) is 0.0833. The minimum atomic E-state index is -0.497. The van der Waals surface area contributed by atoms with Gasteiger partial charge in [-0.2, -0.15) is 0 Å². The summed E-state index contributed by atoms with van der Waals surface area (Å²) < 4.78 is 19.5. The normalized spacial score (nSPS) is 10.4. The van der Waals surface area contributed by atoms with Crippen molar-refractivity contribution in [3.05, 3.63) is 51.3 Å². The molecule has 0 radical (unpaired) electrons. The number of ether oxygens (including phenoxy) is 1. The van der Waals surface area contributed by atoms with Gasteiger partial charge in [-0.25, -0.2) is 9.37 Å². The summed E-state index contributed by atoms with van der Waals surface area (Å²) in [5.74, 6) is 0.0151. The number of hydrogen-bond donors (Lipinski definition) is 0. The number of rotatable bonds is 3. The van der Waals surface area contributed by atoms with E-state index in [4.69, 9.17) is 27.9 Å². The molecule has 18 heavy (non-hydrogen) atoms. The van der Waals surface area contributed by atoms with E-state index in [1.165, 1.54) is 18.3 Å². The minimum Gasteiger partial charge on any atom is -0.434 e. The maximum absolute atomic E-state index is 13.6. The van der Waals surface area contributed by atoms with Gasteiger partial charge in [-0.1, -0.05) is 27.5 Å². The van der Waals surface area contributed by atoms with E-state index in [-0.39, 0.29) is 16.7 Å². The molecule has 0 N–H and O–H groups in total. The Morgan fingerprint density at radius 3 is 2.72 bits per heavy atom. The monoisotopic (exact) mass is 349 g/mol. The summed E-state index contributed by atoms with van der Waals surface area (Å²) in [7, 11) is 0. The molecule has 0 unspecified atom stereocenters. The highest BCUT2D eigenvalue weighted by Crippen LogP contribution is 2.30. The van der Waals surface area contributed by atoms with Crippen molar-refractivity contribution >= 4 is 39.1 Å². The van der Waals surface area contributed by atoms with E-state index in [9.17, 15) is 4.39 Å². The molecule has 0 aliphatic rings. The summed E-state index contributed by atoms with van der Waals surface area (Å²) in [5.41, 5.74) is 0.769. The van der Waals surface area contributed by atoms with Gasteiger partial charge in [0.25, 0.3) is 0 Å². The van der Waals surface area contributed by atoms with Gasteiger partial charge in [0.15, 0.2) is 11.6 Å². The zero-order valence-corrected chi connectivity index (χ0v) is 12.1. The lowest BCUT2D eigenvalue weighted by atomic mass is 10.3. The molecule has 0 saturated heterocycles. The van der Waals surface area contributed by atoms with Crippen molar-refractivity contribution in [3.63, 3.8) is 0 Å². The van der Waals surface area contributed by atoms with Crippen molar-refractivity contribution in [1.29, 1.82) is 0 Å². The molecular weight excluding hydrogens is 344 g/mol. The number of aromatic nitrogens is 1. The van der Waals surface area contributed by atoms with E-state index in [0.717, 1.165) is 5.56 Å². The Morgan fingerprint density at radius 2 is 2.11 bits per heavy atom. The number of alkyl halides is 1. The number of benzene rings is 1. The molecule has 2 aromatic rings. The van der Waals surface area contributed by atoms with Crippen LogP contribution >= 0.6 is 39.1 Å². The zero-order chi connectivity index (χ0) is 13.1. The van der Waals surface area contributed by atoms with Crippen LogP contribution in [-0.2, 0) is 5.88 Å². The van der Waals surface area contributed by atoms with Gasteiger partial charge >= 0.3 is 0 Å². The van der Waals surface area contributed by atoms with E-state index in [1.807, 2.05) is 0 Å². The van der Waals surface area contributed by atoms with E-state index < -0.39 is 5.82 Å². The summed E-state index contributed by atoms with van der Waals surface area (Å²) in [6, 6.07) is 6.09. The fourth-order valence-electron chi connectivity index (χ4n) is 1.28. The Hall–Kier alpha value is -0.840. The van der Waals surface area contributed by atoms with Crippen LogP contribution in [0.15, 0.2) is 34.9 Å². The average molecular weight is 351 g/mol. The van der Waals surface area contributed by atoms with Gasteiger partial charge in [-0.15, -0.1) is 11.6 Å². The molecule has 1 aromatic carbocycles. The van der Waals surface area contributed by atoms with Crippen molar-refractivity contribution in [2.75, 3.05) is 0 Å². The lowest BCUT2D eigenvalue weighted by molar-refractivity contribution is 0.427. The molecule has 0 spiro atoms. The van der Waals surface area contributed by atoms with E-state index in [0.29, 0.717) is 10.4 Å². The summed E-state index contributed by atoms with van der Waals surface area (Å²) in [4.78, 5) is 3.99. The lowest BCUT2D eigenvalue weighted by Crippen LogP contribution is -1.93. The second-order valence-corrected chi connectivity index (χ2v) is 5.03. The first kappa shape index (κ1) is 13.6. The second kappa shape index (κ2) is 5.87. The molecular formula is C12H7BrCl2FNO. The number of halogens is 4. The van der Waals surface area contributed by atoms with Crippen molar-refractivity contribution in [1.82, 2.24) is 4.98 Å². The molecule has 2 rings (SSSR count). The van der Waals surface area contributed by atoms with E-state index in [1.54, 1.807) is 12.1 Å². The minimum absolute atomic E-state index is 0.0613. The van der Waals surface area contributed by atoms with Gasteiger partial charge in [0, 0.05) is 16.5 Å². The van der Waals surface area contributed by atoms with Crippen LogP contribution in [-0.4, -0.2) is 4.98 Å². The third kappa shape index (κ3) is 3.13. The molecule has 0 fully saturated rings. The molecule has 0 aliphatic carbocycles. The molecule has 0 atom stereocenters. The van der Waals surface area contributed by atoms with Gasteiger partial charge in [-0.3, -0.25) is 0 Å². The molecule has 0 amide bonds. The van der Waals surface area contributed by atoms with Gasteiger partial charge in [0.2, 0.25) is 5.88 Å². The summed E-state index contributed by atoms with van der Waals surface area (Å²) >= 11 is 14.8. The quantitative estimate of drug-likeness (QED) is 0.712. The Bertz CT molecular complexity index is 580. The van der Waals surface area contributed by atoms with Crippen LogP contribution in [0.25, 0.3) is 0 Å². The van der Waals surface area contributed by atoms with Crippen LogP contribution in [0.4, 0.5) is 4.39 Å². The highest BCUT2D eigenvalue weighted by molar-refractivity contribution is 9.10. The molecule has 0 aliphatic heterocycles. The Balaban J connectivity index is 2.28. The van der Waals surface area contributed by atoms with Crippen molar-refractivity contribution in [2.24, 2.45) is 0 Å². The molecule has 2 nitrogen and oxygen atoms in total. The number of hydrogen-bond acceptors (Lipinski definition) is 2. The molecule has 94 valence electrons. The third-order valence-electron chi connectivity index (χ3n) is 2.12. The van der Waals surface area contributed by atoms with E-state index >= 15 is 0 Å². The van der Waals surface area contributed by atoms with E-state index in [2.05, 4.69) is 20.9 Å². The maximum Gasteiger partial charge on any atom is 0.238 e. The third-order valence-corrected chi connectivity index (χ3v) is 3.19. The van der Waals surface area contributed by atoms with Crippen molar-refractivity contribution in [2.45, 2.75) is 5.88 Å². The number of nitrogens with zero attached hydrogens (tertiary/aromatic N) is 1.